The summed E-state index contributed by atoms with van der Waals surface area (Å²) in [6.07, 6.45) is 13.3. The number of carbonyl (C=O) groups excluding carboxylic acids is 5. The van der Waals surface area contributed by atoms with E-state index in [2.05, 4.69) is 39.4 Å². The van der Waals surface area contributed by atoms with Gasteiger partial charge in [-0.3, -0.25) is 33.6 Å². The third kappa shape index (κ3) is 7.19. The lowest BCUT2D eigenvalue weighted by Crippen LogP contribution is -2.64. The summed E-state index contributed by atoms with van der Waals surface area (Å²) in [5.74, 6) is -2.37. The fraction of sp³-hybridized carbons (Fsp3) is 0.886. The predicted octanol–water partition coefficient (Wildman–Crippen LogP) is 4.54. The number of nitrogens with one attached hydrogen (secondary N) is 4. The molecule has 5 amide bonds. The summed E-state index contributed by atoms with van der Waals surface area (Å²) >= 11 is 0. The van der Waals surface area contributed by atoms with Crippen molar-refractivity contribution in [3.05, 3.63) is 0 Å². The van der Waals surface area contributed by atoms with Gasteiger partial charge in [0.1, 0.15) is 23.7 Å². The summed E-state index contributed by atoms with van der Waals surface area (Å²) in [6, 6.07) is -2.73. The van der Waals surface area contributed by atoms with Crippen molar-refractivity contribution in [1.29, 1.82) is 0 Å². The van der Waals surface area contributed by atoms with Crippen molar-refractivity contribution in [2.45, 2.75) is 193 Å². The lowest BCUT2D eigenvalue weighted by Gasteiger charge is -2.42. The highest BCUT2D eigenvalue weighted by atomic mass is 32.2. The molecule has 0 aromatic heterocycles. The van der Waals surface area contributed by atoms with Crippen LogP contribution in [0.15, 0.2) is 0 Å². The van der Waals surface area contributed by atoms with Crippen LogP contribution in [0.4, 0.5) is 0 Å². The molecule has 2 aliphatic heterocycles. The van der Waals surface area contributed by atoms with Crippen molar-refractivity contribution in [3.63, 3.8) is 0 Å². The Labute approximate surface area is 347 Å². The molecular weight excluding hydrogens is 757 g/mol. The molecule has 2 heterocycles. The smallest absolute Gasteiger partial charge is 0.259 e. The zero-order valence-corrected chi connectivity index (χ0v) is 37.4. The largest absolute Gasteiger partial charge is 0.342 e. The maximum Gasteiger partial charge on any atom is 0.259 e. The zero-order valence-electron chi connectivity index (χ0n) is 36.6. The van der Waals surface area contributed by atoms with Crippen molar-refractivity contribution in [2.75, 3.05) is 19.6 Å². The predicted molar refractivity (Wildman–Crippen MR) is 221 cm³/mol. The Kier molecular flexibility index (Phi) is 11.2. The Morgan fingerprint density at radius 1 is 0.793 bits per heavy atom. The van der Waals surface area contributed by atoms with Gasteiger partial charge in [0.2, 0.25) is 33.7 Å². The molecule has 14 heteroatoms. The molecule has 6 atom stereocenters. The van der Waals surface area contributed by atoms with Crippen LogP contribution in [0.3, 0.4) is 0 Å². The number of rotatable bonds is 13. The van der Waals surface area contributed by atoms with Gasteiger partial charge in [0.25, 0.3) is 5.91 Å². The van der Waals surface area contributed by atoms with E-state index >= 15 is 4.79 Å². The third-order valence-electron chi connectivity index (χ3n) is 16.7. The first-order valence-corrected chi connectivity index (χ1v) is 24.2. The SMILES string of the molecule is CC[C@H]1C[C@@]1(NC(=O)[C@@H]1C[C@@]2(CN1C(=O)[C@@H](NC(=O)[C@@H](NC(=O)C(C)(C)N1CCCCC1)C1CCCCC1)C(C)(C)C)C(C)(C)C21CCC1)C(=O)NS(=O)(=O)C1CC1. The van der Waals surface area contributed by atoms with Gasteiger partial charge >= 0.3 is 0 Å². The second kappa shape index (κ2) is 15.0. The Morgan fingerprint density at radius 3 is 1.93 bits per heavy atom. The number of carbonyl (C=O) groups is 5. The van der Waals surface area contributed by atoms with Crippen molar-refractivity contribution < 1.29 is 32.4 Å². The van der Waals surface area contributed by atoms with E-state index < -0.39 is 61.7 Å². The maximum atomic E-state index is 15.3. The Morgan fingerprint density at radius 2 is 1.41 bits per heavy atom. The van der Waals surface area contributed by atoms with Gasteiger partial charge in [-0.15, -0.1) is 0 Å². The number of hydrogen-bond acceptors (Lipinski definition) is 8. The molecule has 5 aliphatic carbocycles. The molecule has 5 saturated carbocycles. The summed E-state index contributed by atoms with van der Waals surface area (Å²) < 4.78 is 28.0. The van der Waals surface area contributed by atoms with Gasteiger partial charge in [-0.2, -0.15) is 0 Å². The normalized spacial score (nSPS) is 31.8. The van der Waals surface area contributed by atoms with Crippen molar-refractivity contribution in [3.8, 4) is 0 Å². The van der Waals surface area contributed by atoms with Crippen molar-refractivity contribution in [1.82, 2.24) is 30.5 Å². The third-order valence-corrected chi connectivity index (χ3v) is 18.6. The van der Waals surface area contributed by atoms with Gasteiger partial charge in [0.15, 0.2) is 0 Å². The van der Waals surface area contributed by atoms with Gasteiger partial charge in [-0.25, -0.2) is 8.42 Å². The summed E-state index contributed by atoms with van der Waals surface area (Å²) in [7, 11) is -3.84. The van der Waals surface area contributed by atoms with Crippen LogP contribution >= 0.6 is 0 Å². The fourth-order valence-electron chi connectivity index (χ4n) is 12.2. The van der Waals surface area contributed by atoms with Crippen LogP contribution < -0.4 is 20.7 Å². The number of nitrogens with zero attached hydrogens (tertiary/aromatic N) is 2. The Hall–Kier alpha value is -2.74. The molecule has 326 valence electrons. The van der Waals surface area contributed by atoms with Gasteiger partial charge in [-0.1, -0.05) is 80.1 Å². The summed E-state index contributed by atoms with van der Waals surface area (Å²) in [6.45, 7) is 18.0. The summed E-state index contributed by atoms with van der Waals surface area (Å²) in [4.78, 5) is 76.4. The first-order valence-electron chi connectivity index (χ1n) is 22.6. The highest BCUT2D eigenvalue weighted by Crippen LogP contribution is 2.88. The highest BCUT2D eigenvalue weighted by Gasteiger charge is 2.85. The minimum atomic E-state index is -3.84. The first kappa shape index (κ1) is 43.4. The highest BCUT2D eigenvalue weighted by molar-refractivity contribution is 7.91. The standard InChI is InChI=1S/C44H72N6O7S/c1-9-29-25-44(29,38(55)48-58(56,57)30-19-20-30)47-34(51)31-26-43(41(7,8)42(43)21-16-22-42)27-50(31)36(53)33(39(2,3)4)46-35(52)32(28-17-12-10-13-18-28)45-37(54)40(5,6)49-23-14-11-15-24-49/h28-33H,9-27H2,1-8H3,(H,45,54)(H,46,52)(H,47,51)(H,48,55)/t29-,31-,32-,33+,43+,44-/m0/s1. The van der Waals surface area contributed by atoms with Gasteiger partial charge < -0.3 is 20.9 Å². The summed E-state index contributed by atoms with van der Waals surface area (Å²) in [5, 5.41) is 8.80. The fourth-order valence-corrected chi connectivity index (χ4v) is 13.5. The quantitative estimate of drug-likeness (QED) is 0.210. The molecule has 0 unspecified atom stereocenters. The van der Waals surface area contributed by atoms with Crippen molar-refractivity contribution in [2.24, 2.45) is 33.5 Å². The van der Waals surface area contributed by atoms with E-state index in [-0.39, 0.29) is 45.8 Å². The van der Waals surface area contributed by atoms with E-state index in [0.29, 0.717) is 38.6 Å². The molecule has 0 radical (unpaired) electrons. The van der Waals surface area contributed by atoms with Crippen LogP contribution in [0.2, 0.25) is 0 Å². The second-order valence-electron chi connectivity index (χ2n) is 21.5. The van der Waals surface area contributed by atoms with Crippen LogP contribution in [-0.4, -0.2) is 102 Å². The molecular formula is C44H72N6O7S. The average Bonchev–Trinajstić information content (AvgIpc) is 4.10. The van der Waals surface area contributed by atoms with Gasteiger partial charge in [-0.05, 0) is 119 Å². The number of piperidine rings is 1. The number of hydrogen-bond donors (Lipinski definition) is 4. The van der Waals surface area contributed by atoms with E-state index in [4.69, 9.17) is 0 Å². The van der Waals surface area contributed by atoms with Crippen LogP contribution in [-0.2, 0) is 34.0 Å². The minimum absolute atomic E-state index is 0.00446. The topological polar surface area (TPSA) is 174 Å². The first-order chi connectivity index (χ1) is 27.1. The second-order valence-corrected chi connectivity index (χ2v) is 23.5. The van der Waals surface area contributed by atoms with E-state index in [1.807, 2.05) is 41.5 Å². The van der Waals surface area contributed by atoms with Crippen LogP contribution in [0.1, 0.15) is 158 Å². The minimum Gasteiger partial charge on any atom is -0.342 e. The molecule has 7 rings (SSSR count). The molecule has 58 heavy (non-hydrogen) atoms. The number of likely N-dealkylation sites (tertiary alicyclic amines) is 2. The molecule has 7 aliphatic rings. The van der Waals surface area contributed by atoms with Gasteiger partial charge in [0, 0.05) is 12.0 Å². The van der Waals surface area contributed by atoms with Crippen LogP contribution in [0.5, 0.6) is 0 Å². The maximum absolute atomic E-state index is 15.3. The molecule has 0 aromatic carbocycles. The molecule has 4 N–H and O–H groups in total. The van der Waals surface area contributed by atoms with Crippen molar-refractivity contribution >= 4 is 39.6 Å². The van der Waals surface area contributed by atoms with E-state index in [1.54, 1.807) is 4.90 Å². The molecule has 2 saturated heterocycles. The van der Waals surface area contributed by atoms with Crippen LogP contribution in [0.25, 0.3) is 0 Å². The lowest BCUT2D eigenvalue weighted by atomic mass is 9.73. The van der Waals surface area contributed by atoms with Gasteiger partial charge in [0.05, 0.1) is 10.8 Å². The Bertz CT molecular complexity index is 1770. The molecule has 2 spiro atoms. The zero-order chi connectivity index (χ0) is 42.3. The van der Waals surface area contributed by atoms with Crippen LogP contribution in [0, 0.1) is 33.5 Å². The number of fused-ring (bicyclic) bond motifs is 1. The van der Waals surface area contributed by atoms with E-state index in [1.165, 1.54) is 0 Å². The lowest BCUT2D eigenvalue weighted by molar-refractivity contribution is -0.145. The molecule has 7 fully saturated rings. The molecule has 0 aromatic rings. The average molecular weight is 829 g/mol. The number of sulfonamides is 1. The Balaban J connectivity index is 1.15. The van der Waals surface area contributed by atoms with E-state index in [9.17, 15) is 27.6 Å². The van der Waals surface area contributed by atoms with E-state index in [0.717, 1.165) is 83.7 Å². The number of amides is 5. The monoisotopic (exact) mass is 829 g/mol. The molecule has 13 nitrogen and oxygen atoms in total. The molecule has 0 bridgehead atoms. The summed E-state index contributed by atoms with van der Waals surface area (Å²) in [5.41, 5.74) is -3.35.